The van der Waals surface area contributed by atoms with Crippen LogP contribution in [0.25, 0.3) is 11.0 Å². The molecular weight excluding hydrogens is 410 g/mol. The second-order valence-corrected chi connectivity index (χ2v) is 10.1. The molecule has 1 aliphatic carbocycles. The first-order chi connectivity index (χ1) is 16.1. The third-order valence-electron chi connectivity index (χ3n) is 7.73. The van der Waals surface area contributed by atoms with E-state index in [0.29, 0.717) is 12.0 Å². The second-order valence-electron chi connectivity index (χ2n) is 10.1. The summed E-state index contributed by atoms with van der Waals surface area (Å²) in [5.74, 6) is 0.604. The summed E-state index contributed by atoms with van der Waals surface area (Å²) in [6, 6.07) is 15.1. The Bertz CT molecular complexity index is 1120. The van der Waals surface area contributed by atoms with Gasteiger partial charge in [-0.2, -0.15) is 0 Å². The molecule has 5 rings (SSSR count). The minimum atomic E-state index is 0.0142. The third kappa shape index (κ3) is 4.81. The van der Waals surface area contributed by atoms with E-state index in [1.807, 2.05) is 22.8 Å². The fraction of sp³-hybridized carbons (Fsp3) is 0.519. The number of anilines is 3. The fourth-order valence-electron chi connectivity index (χ4n) is 5.65. The number of nitrogens with zero attached hydrogens (tertiary/aromatic N) is 3. The molecule has 0 radical (unpaired) electrons. The molecule has 1 aromatic heterocycles. The van der Waals surface area contributed by atoms with Crippen molar-refractivity contribution in [1.29, 1.82) is 0 Å². The lowest BCUT2D eigenvalue weighted by Crippen LogP contribution is -2.42. The Morgan fingerprint density at radius 3 is 2.48 bits per heavy atom. The molecule has 2 aliphatic rings. The molecule has 1 saturated carbocycles. The van der Waals surface area contributed by atoms with Gasteiger partial charge < -0.3 is 20.1 Å². The lowest BCUT2D eigenvalue weighted by atomic mass is 9.89. The Kier molecular flexibility index (Phi) is 6.45. The fourth-order valence-corrected chi connectivity index (χ4v) is 5.65. The average molecular weight is 448 g/mol. The zero-order valence-corrected chi connectivity index (χ0v) is 20.0. The number of piperidine rings is 1. The van der Waals surface area contributed by atoms with E-state index in [9.17, 15) is 4.79 Å². The van der Waals surface area contributed by atoms with Crippen LogP contribution in [0.1, 0.15) is 44.9 Å². The van der Waals surface area contributed by atoms with E-state index in [1.54, 1.807) is 0 Å². The first-order valence-electron chi connectivity index (χ1n) is 12.6. The van der Waals surface area contributed by atoms with Crippen molar-refractivity contribution >= 4 is 28.1 Å². The Balaban J connectivity index is 1.53. The number of aromatic amines is 1. The van der Waals surface area contributed by atoms with Crippen LogP contribution in [0, 0.1) is 5.92 Å². The molecule has 6 nitrogen and oxygen atoms in total. The first-order valence-corrected chi connectivity index (χ1v) is 12.6. The standard InChI is InChI=1S/C27H37N5O/c1-30-15-13-22(14-16-30)31(2)25-18-26-24(17-23(25)28-21-11-7-4-8-12-21)29-27(33)32(26)19-20-9-5-3-6-10-20/h4,7-8,11-12,17-18,20,22,28H,3,5-6,9-10,13-16,19H2,1-2H3,(H,29,33). The summed E-state index contributed by atoms with van der Waals surface area (Å²) in [5, 5.41) is 3.62. The molecule has 2 aromatic carbocycles. The van der Waals surface area contributed by atoms with Gasteiger partial charge in [0.25, 0.3) is 0 Å². The maximum atomic E-state index is 13.0. The van der Waals surface area contributed by atoms with Crippen molar-refractivity contribution in [3.05, 3.63) is 52.9 Å². The van der Waals surface area contributed by atoms with Gasteiger partial charge in [-0.05, 0) is 76.0 Å². The van der Waals surface area contributed by atoms with Crippen LogP contribution in [0.4, 0.5) is 17.1 Å². The van der Waals surface area contributed by atoms with Gasteiger partial charge in [-0.25, -0.2) is 4.79 Å². The van der Waals surface area contributed by atoms with Crippen LogP contribution in [0.3, 0.4) is 0 Å². The lowest BCUT2D eigenvalue weighted by Gasteiger charge is -2.37. The van der Waals surface area contributed by atoms with E-state index < -0.39 is 0 Å². The highest BCUT2D eigenvalue weighted by Gasteiger charge is 2.24. The molecule has 1 aliphatic heterocycles. The smallest absolute Gasteiger partial charge is 0.326 e. The highest BCUT2D eigenvalue weighted by atomic mass is 16.1. The number of hydrogen-bond donors (Lipinski definition) is 2. The van der Waals surface area contributed by atoms with E-state index >= 15 is 0 Å². The predicted octanol–water partition coefficient (Wildman–Crippen LogP) is 5.18. The quantitative estimate of drug-likeness (QED) is 0.546. The Hall–Kier alpha value is -2.73. The van der Waals surface area contributed by atoms with E-state index in [4.69, 9.17) is 0 Å². The van der Waals surface area contributed by atoms with Gasteiger partial charge >= 0.3 is 5.69 Å². The van der Waals surface area contributed by atoms with E-state index in [-0.39, 0.29) is 5.69 Å². The van der Waals surface area contributed by atoms with Gasteiger partial charge in [-0.1, -0.05) is 37.5 Å². The summed E-state index contributed by atoms with van der Waals surface area (Å²) >= 11 is 0. The van der Waals surface area contributed by atoms with Gasteiger partial charge in [0.2, 0.25) is 0 Å². The molecule has 0 amide bonds. The van der Waals surface area contributed by atoms with Crippen LogP contribution in [-0.4, -0.2) is 47.7 Å². The normalized spacial score (nSPS) is 18.6. The van der Waals surface area contributed by atoms with Crippen LogP contribution < -0.4 is 15.9 Å². The summed E-state index contributed by atoms with van der Waals surface area (Å²) < 4.78 is 1.99. The number of para-hydroxylation sites is 1. The van der Waals surface area contributed by atoms with Gasteiger partial charge in [0.05, 0.1) is 22.4 Å². The first kappa shape index (κ1) is 22.1. The Labute approximate surface area is 196 Å². The Morgan fingerprint density at radius 1 is 1.03 bits per heavy atom. The number of fused-ring (bicyclic) bond motifs is 1. The number of nitrogens with one attached hydrogen (secondary N) is 2. The maximum Gasteiger partial charge on any atom is 0.326 e. The summed E-state index contributed by atoms with van der Waals surface area (Å²) in [6.07, 6.45) is 8.67. The summed E-state index contributed by atoms with van der Waals surface area (Å²) in [5.41, 5.74) is 5.21. The van der Waals surface area contributed by atoms with Crippen molar-refractivity contribution in [2.75, 3.05) is 37.4 Å². The topological polar surface area (TPSA) is 56.3 Å². The van der Waals surface area contributed by atoms with Crippen molar-refractivity contribution in [3.63, 3.8) is 0 Å². The molecule has 0 bridgehead atoms. The third-order valence-corrected chi connectivity index (χ3v) is 7.73. The molecule has 2 fully saturated rings. The van der Waals surface area contributed by atoms with Gasteiger partial charge in [0, 0.05) is 25.3 Å². The van der Waals surface area contributed by atoms with Crippen molar-refractivity contribution in [2.45, 2.75) is 57.5 Å². The molecule has 3 aromatic rings. The minimum absolute atomic E-state index is 0.0142. The molecule has 0 unspecified atom stereocenters. The van der Waals surface area contributed by atoms with Crippen molar-refractivity contribution in [3.8, 4) is 0 Å². The van der Waals surface area contributed by atoms with Gasteiger partial charge in [-0.15, -0.1) is 0 Å². The second kappa shape index (κ2) is 9.64. The number of likely N-dealkylation sites (tertiary alicyclic amines) is 1. The van der Waals surface area contributed by atoms with Gasteiger partial charge in [0.15, 0.2) is 0 Å². The largest absolute Gasteiger partial charge is 0.370 e. The summed E-state index contributed by atoms with van der Waals surface area (Å²) in [7, 11) is 4.41. The van der Waals surface area contributed by atoms with Crippen LogP contribution >= 0.6 is 0 Å². The number of benzene rings is 2. The molecule has 0 spiro atoms. The number of aromatic nitrogens is 2. The zero-order chi connectivity index (χ0) is 22.8. The molecule has 6 heteroatoms. The van der Waals surface area contributed by atoms with E-state index in [2.05, 4.69) is 58.5 Å². The van der Waals surface area contributed by atoms with Gasteiger partial charge in [0.1, 0.15) is 0 Å². The molecule has 2 N–H and O–H groups in total. The minimum Gasteiger partial charge on any atom is -0.370 e. The number of rotatable bonds is 6. The maximum absolute atomic E-state index is 13.0. The van der Waals surface area contributed by atoms with Crippen LogP contribution in [0.2, 0.25) is 0 Å². The lowest BCUT2D eigenvalue weighted by molar-refractivity contribution is 0.253. The highest BCUT2D eigenvalue weighted by Crippen LogP contribution is 2.35. The number of hydrogen-bond acceptors (Lipinski definition) is 4. The summed E-state index contributed by atoms with van der Waals surface area (Å²) in [4.78, 5) is 20.9. The van der Waals surface area contributed by atoms with Crippen molar-refractivity contribution in [1.82, 2.24) is 14.5 Å². The molecular formula is C27H37N5O. The van der Waals surface area contributed by atoms with Crippen molar-refractivity contribution < 1.29 is 0 Å². The molecule has 33 heavy (non-hydrogen) atoms. The predicted molar refractivity (Wildman–Crippen MR) is 138 cm³/mol. The van der Waals surface area contributed by atoms with Gasteiger partial charge in [-0.3, -0.25) is 4.57 Å². The van der Waals surface area contributed by atoms with E-state index in [1.165, 1.54) is 32.1 Å². The number of imidazole rings is 1. The molecule has 2 heterocycles. The summed E-state index contributed by atoms with van der Waals surface area (Å²) in [6.45, 7) is 3.06. The number of H-pyrrole nitrogens is 1. The molecule has 176 valence electrons. The molecule has 0 atom stereocenters. The van der Waals surface area contributed by atoms with Crippen LogP contribution in [0.5, 0.6) is 0 Å². The van der Waals surface area contributed by atoms with Crippen LogP contribution in [0.15, 0.2) is 47.3 Å². The monoisotopic (exact) mass is 447 g/mol. The Morgan fingerprint density at radius 2 is 1.76 bits per heavy atom. The van der Waals surface area contributed by atoms with Crippen LogP contribution in [-0.2, 0) is 6.54 Å². The van der Waals surface area contributed by atoms with E-state index in [0.717, 1.165) is 60.6 Å². The average Bonchev–Trinajstić information content (AvgIpc) is 3.14. The molecule has 1 saturated heterocycles. The zero-order valence-electron chi connectivity index (χ0n) is 20.0. The highest BCUT2D eigenvalue weighted by molar-refractivity contribution is 5.90. The van der Waals surface area contributed by atoms with Crippen molar-refractivity contribution in [2.24, 2.45) is 5.92 Å². The SMILES string of the molecule is CN1CCC(N(C)c2cc3c(cc2Nc2ccccc2)[nH]c(=O)n3CC2CCCCC2)CC1.